The summed E-state index contributed by atoms with van der Waals surface area (Å²) in [7, 11) is 0. The first kappa shape index (κ1) is 31.9. The summed E-state index contributed by atoms with van der Waals surface area (Å²) in [5, 5.41) is 6.99. The van der Waals surface area contributed by atoms with E-state index in [1.807, 2.05) is 0 Å². The van der Waals surface area contributed by atoms with Gasteiger partial charge in [0.15, 0.2) is 0 Å². The highest BCUT2D eigenvalue weighted by Crippen LogP contribution is 2.56. The van der Waals surface area contributed by atoms with E-state index in [-0.39, 0.29) is 0 Å². The summed E-state index contributed by atoms with van der Waals surface area (Å²) in [6, 6.07) is 27.9. The van der Waals surface area contributed by atoms with Gasteiger partial charge in [-0.15, -0.1) is 0 Å². The summed E-state index contributed by atoms with van der Waals surface area (Å²) in [6.07, 6.45) is 39.9. The molecule has 7 aliphatic carbocycles. The SMILES string of the molecule is C1=CC2c3ccccc3C3NC4=C(C=CC(C5=CC=C6CC(c7c8c(c(C9=Cc%10ccccc%10CC9)c9ccccc79)CCC=C8)C=C[C@@H]6C5)C4)C3C2C=C1. The molecule has 268 valence electrons. The third-order valence-electron chi connectivity index (χ3n) is 14.6. The van der Waals surface area contributed by atoms with E-state index >= 15 is 0 Å². The van der Waals surface area contributed by atoms with Crippen molar-refractivity contribution < 1.29 is 0 Å². The van der Waals surface area contributed by atoms with Crippen molar-refractivity contribution in [3.8, 4) is 0 Å². The molecule has 1 heterocycles. The molecular formula is C54H47N. The fourth-order valence-corrected chi connectivity index (χ4v) is 12.0. The molecule has 0 saturated heterocycles. The molecule has 7 atom stereocenters. The van der Waals surface area contributed by atoms with Gasteiger partial charge in [0, 0.05) is 35.3 Å². The Balaban J connectivity index is 0.847. The monoisotopic (exact) mass is 709 g/mol. The third kappa shape index (κ3) is 4.98. The Kier molecular flexibility index (Phi) is 7.29. The molecule has 55 heavy (non-hydrogen) atoms. The van der Waals surface area contributed by atoms with Crippen molar-refractivity contribution in [2.45, 2.75) is 62.8 Å². The molecule has 1 N–H and O–H groups in total. The van der Waals surface area contributed by atoms with Gasteiger partial charge in [0.25, 0.3) is 0 Å². The minimum absolute atomic E-state index is 0.369. The van der Waals surface area contributed by atoms with Gasteiger partial charge in [-0.2, -0.15) is 0 Å². The number of allylic oxidation sites excluding steroid dienone is 15. The molecule has 0 fully saturated rings. The first-order chi connectivity index (χ1) is 27.3. The van der Waals surface area contributed by atoms with Crippen LogP contribution in [-0.2, 0) is 12.8 Å². The maximum absolute atomic E-state index is 4.11. The van der Waals surface area contributed by atoms with Crippen LogP contribution in [-0.4, -0.2) is 0 Å². The first-order valence-corrected chi connectivity index (χ1v) is 21.0. The molecule has 0 aromatic heterocycles. The van der Waals surface area contributed by atoms with Gasteiger partial charge in [-0.3, -0.25) is 0 Å². The Hall–Kier alpha value is -5.40. The minimum Gasteiger partial charge on any atom is -0.381 e. The zero-order valence-electron chi connectivity index (χ0n) is 31.4. The summed E-state index contributed by atoms with van der Waals surface area (Å²) in [6.45, 7) is 0. The van der Waals surface area contributed by atoms with Crippen LogP contribution in [0.3, 0.4) is 0 Å². The summed E-state index contributed by atoms with van der Waals surface area (Å²) >= 11 is 0. The van der Waals surface area contributed by atoms with Crippen molar-refractivity contribution in [3.63, 3.8) is 0 Å². The van der Waals surface area contributed by atoms with Gasteiger partial charge in [-0.05, 0) is 117 Å². The molecule has 6 unspecified atom stereocenters. The van der Waals surface area contributed by atoms with E-state index in [9.17, 15) is 0 Å². The second-order valence-electron chi connectivity index (χ2n) is 17.3. The summed E-state index contributed by atoms with van der Waals surface area (Å²) in [5.41, 5.74) is 19.8. The molecule has 4 aromatic rings. The largest absolute Gasteiger partial charge is 0.381 e. The lowest BCUT2D eigenvalue weighted by Crippen LogP contribution is -2.34. The quantitative estimate of drug-likeness (QED) is 0.209. The Bertz CT molecular complexity index is 2590. The Morgan fingerprint density at radius 3 is 2.31 bits per heavy atom. The van der Waals surface area contributed by atoms with E-state index in [0.717, 1.165) is 44.9 Å². The Labute approximate surface area is 325 Å². The molecule has 0 amide bonds. The molecule has 8 aliphatic rings. The molecule has 12 rings (SSSR count). The zero-order valence-corrected chi connectivity index (χ0v) is 31.4. The second-order valence-corrected chi connectivity index (χ2v) is 17.3. The fraction of sp³-hybridized carbons (Fsp3) is 0.259. The first-order valence-electron chi connectivity index (χ1n) is 21.0. The van der Waals surface area contributed by atoms with E-state index in [0.29, 0.717) is 41.5 Å². The van der Waals surface area contributed by atoms with Gasteiger partial charge >= 0.3 is 0 Å². The van der Waals surface area contributed by atoms with Gasteiger partial charge in [-0.1, -0.05) is 163 Å². The van der Waals surface area contributed by atoms with Crippen LogP contribution in [0.4, 0.5) is 0 Å². The van der Waals surface area contributed by atoms with Gasteiger partial charge in [0.2, 0.25) is 0 Å². The van der Waals surface area contributed by atoms with Crippen LogP contribution < -0.4 is 5.32 Å². The van der Waals surface area contributed by atoms with Gasteiger partial charge in [-0.25, -0.2) is 0 Å². The van der Waals surface area contributed by atoms with E-state index in [1.165, 1.54) is 55.4 Å². The molecular weight excluding hydrogens is 663 g/mol. The topological polar surface area (TPSA) is 12.0 Å². The molecule has 4 aromatic carbocycles. The van der Waals surface area contributed by atoms with Crippen molar-refractivity contribution in [2.24, 2.45) is 23.7 Å². The van der Waals surface area contributed by atoms with Gasteiger partial charge < -0.3 is 5.32 Å². The number of benzene rings is 4. The number of hydrogen-bond acceptors (Lipinski definition) is 1. The summed E-state index contributed by atoms with van der Waals surface area (Å²) < 4.78 is 0. The predicted molar refractivity (Wildman–Crippen MR) is 229 cm³/mol. The third-order valence-corrected chi connectivity index (χ3v) is 14.6. The highest BCUT2D eigenvalue weighted by Gasteiger charge is 2.47. The molecule has 0 bridgehead atoms. The lowest BCUT2D eigenvalue weighted by Gasteiger charge is -2.41. The average Bonchev–Trinajstić information content (AvgIpc) is 3.64. The summed E-state index contributed by atoms with van der Waals surface area (Å²) in [5.74, 6) is 2.83. The summed E-state index contributed by atoms with van der Waals surface area (Å²) in [4.78, 5) is 0. The number of aryl methyl sites for hydroxylation is 1. The van der Waals surface area contributed by atoms with Crippen LogP contribution in [0.1, 0.15) is 94.5 Å². The van der Waals surface area contributed by atoms with Crippen LogP contribution in [0.2, 0.25) is 0 Å². The van der Waals surface area contributed by atoms with Gasteiger partial charge in [0.05, 0.1) is 6.04 Å². The molecule has 0 radical (unpaired) electrons. The van der Waals surface area contributed by atoms with Crippen LogP contribution in [0.5, 0.6) is 0 Å². The van der Waals surface area contributed by atoms with Crippen molar-refractivity contribution in [1.29, 1.82) is 0 Å². The molecule has 1 aliphatic heterocycles. The number of rotatable bonds is 3. The van der Waals surface area contributed by atoms with E-state index in [1.54, 1.807) is 27.8 Å². The van der Waals surface area contributed by atoms with Crippen LogP contribution in [0.25, 0.3) is 28.5 Å². The molecule has 1 nitrogen and oxygen atoms in total. The normalized spacial score (nSPS) is 29.2. The number of fused-ring (bicyclic) bond motifs is 11. The number of nitrogens with one attached hydrogen (secondary N) is 1. The lowest BCUT2D eigenvalue weighted by molar-refractivity contribution is 0.329. The Morgan fingerprint density at radius 1 is 0.618 bits per heavy atom. The van der Waals surface area contributed by atoms with Crippen molar-refractivity contribution in [3.05, 3.63) is 207 Å². The second kappa shape index (κ2) is 12.6. The Morgan fingerprint density at radius 2 is 1.38 bits per heavy atom. The van der Waals surface area contributed by atoms with Crippen LogP contribution in [0, 0.1) is 23.7 Å². The zero-order chi connectivity index (χ0) is 36.0. The van der Waals surface area contributed by atoms with Crippen LogP contribution in [0.15, 0.2) is 162 Å². The van der Waals surface area contributed by atoms with E-state index in [2.05, 4.69) is 157 Å². The van der Waals surface area contributed by atoms with Crippen molar-refractivity contribution in [1.82, 2.24) is 5.32 Å². The maximum atomic E-state index is 4.11. The van der Waals surface area contributed by atoms with Gasteiger partial charge in [0.1, 0.15) is 0 Å². The average molecular weight is 710 g/mol. The smallest absolute Gasteiger partial charge is 0.0589 e. The minimum atomic E-state index is 0.369. The highest BCUT2D eigenvalue weighted by molar-refractivity contribution is 6.04. The van der Waals surface area contributed by atoms with E-state index in [4.69, 9.17) is 0 Å². The molecule has 1 heteroatoms. The van der Waals surface area contributed by atoms with Crippen molar-refractivity contribution >= 4 is 28.5 Å². The highest BCUT2D eigenvalue weighted by atomic mass is 15.0. The van der Waals surface area contributed by atoms with Crippen LogP contribution >= 0.6 is 0 Å². The standard InChI is InChI=1S/C54H47N/c1-2-12-34-30-39(25-21-33(34)11-1)51-44-16-6-8-18-46(44)52(47-19-9-7-17-45(47)51)40-26-24-35-29-36(22-23-37(35)31-40)38-27-28-49-50(32-38)55-54-48-20-10-4-14-42(48)41-13-3-5-15-43(41)53(49)54/h1-6,8-16,18-20,22-24,26-28,30,35,38,40-41,43,53-55H,7,17,21,25,29,31-32H2/t35-,38?,40?,41?,43?,53?,54?/m1/s1. The lowest BCUT2D eigenvalue weighted by atomic mass is 9.63. The fourth-order valence-electron chi connectivity index (χ4n) is 12.0. The molecule has 0 saturated carbocycles. The molecule has 0 spiro atoms. The number of hydrogen-bond donors (Lipinski definition) is 1. The maximum Gasteiger partial charge on any atom is 0.0589 e. The van der Waals surface area contributed by atoms with Crippen molar-refractivity contribution in [2.75, 3.05) is 0 Å². The van der Waals surface area contributed by atoms with E-state index < -0.39 is 0 Å². The predicted octanol–water partition coefficient (Wildman–Crippen LogP) is 12.8.